The van der Waals surface area contributed by atoms with E-state index in [1.807, 2.05) is 25.4 Å². The van der Waals surface area contributed by atoms with Crippen molar-refractivity contribution >= 4 is 22.5 Å². The quantitative estimate of drug-likeness (QED) is 0.702. The lowest BCUT2D eigenvalue weighted by molar-refractivity contribution is 0.0961. The van der Waals surface area contributed by atoms with Crippen molar-refractivity contribution in [3.63, 3.8) is 0 Å². The van der Waals surface area contributed by atoms with Crippen LogP contribution in [0, 0.1) is 0 Å². The summed E-state index contributed by atoms with van der Waals surface area (Å²) in [6.45, 7) is 3.78. The molecule has 0 N–H and O–H groups in total. The van der Waals surface area contributed by atoms with Crippen LogP contribution in [0.5, 0.6) is 0 Å². The molecule has 2 aromatic heterocycles. The average molecular weight is 360 g/mol. The third kappa shape index (κ3) is 3.29. The van der Waals surface area contributed by atoms with Gasteiger partial charge in [-0.25, -0.2) is 0 Å². The van der Waals surface area contributed by atoms with Crippen LogP contribution >= 0.6 is 11.6 Å². The van der Waals surface area contributed by atoms with Crippen molar-refractivity contribution < 1.29 is 4.74 Å². The molecule has 0 saturated carbocycles. The van der Waals surface area contributed by atoms with E-state index < -0.39 is 0 Å². The zero-order valence-electron chi connectivity index (χ0n) is 14.5. The molecular formula is C18H22ClN5O. The van der Waals surface area contributed by atoms with Crippen molar-refractivity contribution in [3.05, 3.63) is 47.4 Å². The molecule has 1 saturated heterocycles. The highest BCUT2D eigenvalue weighted by molar-refractivity contribution is 6.31. The van der Waals surface area contributed by atoms with Gasteiger partial charge in [0.25, 0.3) is 0 Å². The van der Waals surface area contributed by atoms with Crippen molar-refractivity contribution in [1.29, 1.82) is 0 Å². The van der Waals surface area contributed by atoms with Crippen molar-refractivity contribution in [3.8, 4) is 0 Å². The number of aromatic nitrogens is 4. The van der Waals surface area contributed by atoms with Gasteiger partial charge in [-0.2, -0.15) is 0 Å². The molecule has 0 aliphatic carbocycles. The number of benzene rings is 1. The largest absolute Gasteiger partial charge is 0.379 e. The Morgan fingerprint density at radius 3 is 2.88 bits per heavy atom. The van der Waals surface area contributed by atoms with E-state index in [1.54, 1.807) is 11.8 Å². The van der Waals surface area contributed by atoms with Gasteiger partial charge in [0, 0.05) is 74.6 Å². The van der Waals surface area contributed by atoms with Crippen molar-refractivity contribution in [1.82, 2.24) is 24.5 Å². The molecule has 3 heterocycles. The van der Waals surface area contributed by atoms with Gasteiger partial charge >= 0.3 is 0 Å². The number of ether oxygens (including phenoxy) is 1. The number of likely N-dealkylation sites (tertiary alicyclic amines) is 1. The van der Waals surface area contributed by atoms with Crippen LogP contribution in [0.25, 0.3) is 10.9 Å². The number of aryl methyl sites for hydroxylation is 1. The summed E-state index contributed by atoms with van der Waals surface area (Å²) in [5, 5.41) is 10.3. The van der Waals surface area contributed by atoms with Crippen LogP contribution in [0.2, 0.25) is 5.02 Å². The molecule has 6 nitrogen and oxygen atoms in total. The first-order chi connectivity index (χ1) is 12.1. The first-order valence-electron chi connectivity index (χ1n) is 8.50. The molecule has 1 aliphatic rings. The standard InChI is InChI=1S/C18H22ClN5O/c1-22-11-16(20-21-22)15-10-23(12-18(15)25-2)7-8-24-6-5-13-9-14(19)3-4-17(13)24/h3-6,9,11,15,18H,7-8,10,12H2,1-2H3/t15-,18+/m0/s1. The lowest BCUT2D eigenvalue weighted by Gasteiger charge is -2.16. The van der Waals surface area contributed by atoms with Crippen LogP contribution in [0.1, 0.15) is 11.6 Å². The summed E-state index contributed by atoms with van der Waals surface area (Å²) in [5.74, 6) is 0.277. The predicted octanol–water partition coefficient (Wildman–Crippen LogP) is 2.54. The van der Waals surface area contributed by atoms with Crippen LogP contribution in [-0.4, -0.2) is 57.3 Å². The fourth-order valence-electron chi connectivity index (χ4n) is 3.71. The van der Waals surface area contributed by atoms with Gasteiger partial charge in [0.15, 0.2) is 0 Å². The van der Waals surface area contributed by atoms with Crippen LogP contribution < -0.4 is 0 Å². The highest BCUT2D eigenvalue weighted by atomic mass is 35.5. The molecule has 0 radical (unpaired) electrons. The van der Waals surface area contributed by atoms with Crippen LogP contribution in [-0.2, 0) is 18.3 Å². The molecular weight excluding hydrogens is 338 g/mol. The Kier molecular flexibility index (Phi) is 4.50. The van der Waals surface area contributed by atoms with E-state index in [9.17, 15) is 0 Å². The maximum atomic E-state index is 6.07. The average Bonchev–Trinajstić information content (AvgIpc) is 3.30. The summed E-state index contributed by atoms with van der Waals surface area (Å²) in [7, 11) is 3.68. The Balaban J connectivity index is 1.44. The minimum atomic E-state index is 0.164. The fourth-order valence-corrected chi connectivity index (χ4v) is 3.89. The van der Waals surface area contributed by atoms with E-state index in [2.05, 4.69) is 38.1 Å². The number of hydrogen-bond donors (Lipinski definition) is 0. The minimum Gasteiger partial charge on any atom is -0.379 e. The lowest BCUT2D eigenvalue weighted by atomic mass is 10.0. The molecule has 0 bridgehead atoms. The second-order valence-corrected chi connectivity index (χ2v) is 7.11. The first-order valence-corrected chi connectivity index (χ1v) is 8.87. The summed E-state index contributed by atoms with van der Waals surface area (Å²) >= 11 is 6.07. The fraction of sp³-hybridized carbons (Fsp3) is 0.444. The van der Waals surface area contributed by atoms with E-state index >= 15 is 0 Å². The highest BCUT2D eigenvalue weighted by Gasteiger charge is 2.35. The molecule has 0 amide bonds. The topological polar surface area (TPSA) is 48.1 Å². The van der Waals surface area contributed by atoms with Crippen LogP contribution in [0.15, 0.2) is 36.7 Å². The van der Waals surface area contributed by atoms with Gasteiger partial charge in [0.2, 0.25) is 0 Å². The Morgan fingerprint density at radius 2 is 2.12 bits per heavy atom. The molecule has 4 rings (SSSR count). The molecule has 3 aromatic rings. The number of halogens is 1. The Labute approximate surface area is 151 Å². The molecule has 0 unspecified atom stereocenters. The van der Waals surface area contributed by atoms with E-state index in [0.717, 1.165) is 36.9 Å². The molecule has 1 aliphatic heterocycles. The van der Waals surface area contributed by atoms with Gasteiger partial charge in [-0.3, -0.25) is 9.58 Å². The molecule has 0 spiro atoms. The third-order valence-electron chi connectivity index (χ3n) is 5.04. The number of fused-ring (bicyclic) bond motifs is 1. The van der Waals surface area contributed by atoms with Gasteiger partial charge < -0.3 is 9.30 Å². The van der Waals surface area contributed by atoms with Crippen molar-refractivity contribution in [2.75, 3.05) is 26.7 Å². The van der Waals surface area contributed by atoms with E-state index in [4.69, 9.17) is 16.3 Å². The van der Waals surface area contributed by atoms with Gasteiger partial charge in [0.1, 0.15) is 0 Å². The maximum absolute atomic E-state index is 6.07. The number of methoxy groups -OCH3 is 1. The van der Waals surface area contributed by atoms with E-state index in [-0.39, 0.29) is 12.0 Å². The molecule has 132 valence electrons. The second-order valence-electron chi connectivity index (χ2n) is 6.67. The monoisotopic (exact) mass is 359 g/mol. The summed E-state index contributed by atoms with van der Waals surface area (Å²) in [6.07, 6.45) is 4.28. The zero-order chi connectivity index (χ0) is 17.4. The van der Waals surface area contributed by atoms with Crippen molar-refractivity contribution in [2.24, 2.45) is 7.05 Å². The number of nitrogens with zero attached hydrogens (tertiary/aromatic N) is 5. The number of rotatable bonds is 5. The SMILES string of the molecule is CO[C@@H]1CN(CCn2ccc3cc(Cl)ccc32)C[C@H]1c1cn(C)nn1. The molecule has 1 fully saturated rings. The normalized spacial score (nSPS) is 21.4. The molecule has 25 heavy (non-hydrogen) atoms. The molecule has 1 aromatic carbocycles. The molecule has 2 atom stereocenters. The summed E-state index contributed by atoms with van der Waals surface area (Å²) in [6, 6.07) is 8.16. The lowest BCUT2D eigenvalue weighted by Crippen LogP contribution is -2.26. The minimum absolute atomic E-state index is 0.164. The van der Waals surface area contributed by atoms with E-state index in [1.165, 1.54) is 10.9 Å². The van der Waals surface area contributed by atoms with Gasteiger partial charge in [-0.05, 0) is 24.3 Å². The van der Waals surface area contributed by atoms with E-state index in [0.29, 0.717) is 0 Å². The first kappa shape index (κ1) is 16.6. The predicted molar refractivity (Wildman–Crippen MR) is 97.9 cm³/mol. The smallest absolute Gasteiger partial charge is 0.0897 e. The molecule has 7 heteroatoms. The number of hydrogen-bond acceptors (Lipinski definition) is 4. The Bertz CT molecular complexity index is 873. The summed E-state index contributed by atoms with van der Waals surface area (Å²) in [5.41, 5.74) is 2.23. The third-order valence-corrected chi connectivity index (χ3v) is 5.27. The Hall–Kier alpha value is -1.89. The second kappa shape index (κ2) is 6.78. The zero-order valence-corrected chi connectivity index (χ0v) is 15.2. The Morgan fingerprint density at radius 1 is 1.24 bits per heavy atom. The van der Waals surface area contributed by atoms with Gasteiger partial charge in [-0.15, -0.1) is 5.10 Å². The van der Waals surface area contributed by atoms with Crippen LogP contribution in [0.3, 0.4) is 0 Å². The highest BCUT2D eigenvalue weighted by Crippen LogP contribution is 2.28. The van der Waals surface area contributed by atoms with Crippen LogP contribution in [0.4, 0.5) is 0 Å². The van der Waals surface area contributed by atoms with Crippen molar-refractivity contribution in [2.45, 2.75) is 18.6 Å². The maximum Gasteiger partial charge on any atom is 0.0897 e. The van der Waals surface area contributed by atoms with Gasteiger partial charge in [0.05, 0.1) is 11.8 Å². The summed E-state index contributed by atoms with van der Waals surface area (Å²) < 4.78 is 9.73. The summed E-state index contributed by atoms with van der Waals surface area (Å²) in [4.78, 5) is 2.44. The van der Waals surface area contributed by atoms with Gasteiger partial charge in [-0.1, -0.05) is 16.8 Å².